The second kappa shape index (κ2) is 6.21. The van der Waals surface area contributed by atoms with Crippen LogP contribution >= 0.6 is 15.9 Å². The molecule has 2 rings (SSSR count). The highest BCUT2D eigenvalue weighted by Crippen LogP contribution is 2.24. The Kier molecular flexibility index (Phi) is 4.59. The zero-order valence-corrected chi connectivity index (χ0v) is 13.3. The van der Waals surface area contributed by atoms with Crippen molar-refractivity contribution < 1.29 is 0 Å². The second-order valence-corrected chi connectivity index (χ2v) is 5.59. The molecule has 0 saturated heterocycles. The molecule has 7 heteroatoms. The lowest BCUT2D eigenvalue weighted by molar-refractivity contribution is 0.500. The summed E-state index contributed by atoms with van der Waals surface area (Å²) in [6.45, 7) is 5.90. The molecule has 0 spiro atoms. The second-order valence-electron chi connectivity index (χ2n) is 4.80. The van der Waals surface area contributed by atoms with Crippen molar-refractivity contribution >= 4 is 21.6 Å². The molecule has 1 unspecified atom stereocenters. The minimum absolute atomic E-state index is 0.0115. The molecule has 20 heavy (non-hydrogen) atoms. The molecule has 2 aromatic heterocycles. The predicted octanol–water partition coefficient (Wildman–Crippen LogP) is 2.87. The van der Waals surface area contributed by atoms with Crippen LogP contribution in [0.2, 0.25) is 0 Å². The average molecular weight is 340 g/mol. The van der Waals surface area contributed by atoms with Gasteiger partial charge in [0.15, 0.2) is 0 Å². The molecule has 0 aliphatic carbocycles. The standard InChI is InChI=1S/C13H18BrN5O/c1-4-9(12-15-5-6-16-12)18-10-7-17-19(8(2)3)13(20)11(10)14/h5-9,18H,4H2,1-3H3,(H,15,16). The third-order valence-corrected chi connectivity index (χ3v) is 3.79. The van der Waals surface area contributed by atoms with E-state index in [1.54, 1.807) is 18.6 Å². The zero-order valence-electron chi connectivity index (χ0n) is 11.7. The number of hydrogen-bond donors (Lipinski definition) is 2. The van der Waals surface area contributed by atoms with E-state index in [9.17, 15) is 4.79 Å². The normalized spacial score (nSPS) is 12.7. The van der Waals surface area contributed by atoms with Gasteiger partial charge in [0.25, 0.3) is 5.56 Å². The van der Waals surface area contributed by atoms with Crippen LogP contribution in [0.1, 0.15) is 45.1 Å². The van der Waals surface area contributed by atoms with E-state index in [4.69, 9.17) is 0 Å². The van der Waals surface area contributed by atoms with Gasteiger partial charge in [-0.05, 0) is 36.2 Å². The Bertz CT molecular complexity index is 620. The van der Waals surface area contributed by atoms with E-state index in [1.807, 2.05) is 13.8 Å². The summed E-state index contributed by atoms with van der Waals surface area (Å²) < 4.78 is 1.94. The molecule has 0 aliphatic heterocycles. The van der Waals surface area contributed by atoms with Crippen LogP contribution in [0, 0.1) is 0 Å². The van der Waals surface area contributed by atoms with E-state index in [-0.39, 0.29) is 17.6 Å². The summed E-state index contributed by atoms with van der Waals surface area (Å²) >= 11 is 3.35. The highest BCUT2D eigenvalue weighted by molar-refractivity contribution is 9.10. The van der Waals surface area contributed by atoms with E-state index >= 15 is 0 Å². The first kappa shape index (κ1) is 14.8. The number of aromatic amines is 1. The molecular formula is C13H18BrN5O. The summed E-state index contributed by atoms with van der Waals surface area (Å²) in [7, 11) is 0. The number of H-pyrrole nitrogens is 1. The van der Waals surface area contributed by atoms with Crippen molar-refractivity contribution in [2.75, 3.05) is 5.32 Å². The highest BCUT2D eigenvalue weighted by Gasteiger charge is 2.16. The number of imidazole rings is 1. The summed E-state index contributed by atoms with van der Waals surface area (Å²) in [6.07, 6.45) is 6.00. The first-order valence-electron chi connectivity index (χ1n) is 6.57. The van der Waals surface area contributed by atoms with Gasteiger partial charge in [0.05, 0.1) is 24.0 Å². The lowest BCUT2D eigenvalue weighted by Crippen LogP contribution is -2.26. The van der Waals surface area contributed by atoms with Gasteiger partial charge in [-0.3, -0.25) is 4.79 Å². The van der Waals surface area contributed by atoms with Gasteiger partial charge in [-0.1, -0.05) is 6.92 Å². The molecule has 1 atom stereocenters. The Morgan fingerprint density at radius 2 is 2.25 bits per heavy atom. The maximum atomic E-state index is 12.2. The van der Waals surface area contributed by atoms with Crippen molar-refractivity contribution in [3.05, 3.63) is 39.2 Å². The third-order valence-electron chi connectivity index (χ3n) is 3.02. The number of rotatable bonds is 5. The summed E-state index contributed by atoms with van der Waals surface area (Å²) in [5, 5.41) is 7.48. The summed E-state index contributed by atoms with van der Waals surface area (Å²) in [5.41, 5.74) is 0.537. The van der Waals surface area contributed by atoms with Gasteiger partial charge >= 0.3 is 0 Å². The fourth-order valence-electron chi connectivity index (χ4n) is 1.93. The Morgan fingerprint density at radius 3 is 2.80 bits per heavy atom. The van der Waals surface area contributed by atoms with E-state index < -0.39 is 0 Å². The van der Waals surface area contributed by atoms with Gasteiger partial charge in [-0.25, -0.2) is 9.67 Å². The minimum Gasteiger partial charge on any atom is -0.373 e. The van der Waals surface area contributed by atoms with Crippen molar-refractivity contribution in [2.24, 2.45) is 0 Å². The van der Waals surface area contributed by atoms with Gasteiger partial charge in [-0.2, -0.15) is 5.10 Å². The first-order chi connectivity index (χ1) is 9.54. The van der Waals surface area contributed by atoms with Crippen LogP contribution in [0.5, 0.6) is 0 Å². The minimum atomic E-state index is -0.140. The maximum Gasteiger partial charge on any atom is 0.283 e. The monoisotopic (exact) mass is 339 g/mol. The molecular weight excluding hydrogens is 322 g/mol. The van der Waals surface area contributed by atoms with E-state index in [1.165, 1.54) is 4.68 Å². The predicted molar refractivity (Wildman–Crippen MR) is 81.8 cm³/mol. The lowest BCUT2D eigenvalue weighted by atomic mass is 10.2. The van der Waals surface area contributed by atoms with Crippen molar-refractivity contribution in [1.82, 2.24) is 19.7 Å². The Balaban J connectivity index is 2.30. The molecule has 0 aliphatic rings. The molecule has 2 heterocycles. The number of anilines is 1. The van der Waals surface area contributed by atoms with Crippen LogP contribution in [-0.2, 0) is 0 Å². The Labute approximate surface area is 125 Å². The van der Waals surface area contributed by atoms with Crippen LogP contribution in [-0.4, -0.2) is 19.7 Å². The molecule has 6 nitrogen and oxygen atoms in total. The van der Waals surface area contributed by atoms with Crippen molar-refractivity contribution in [3.8, 4) is 0 Å². The topological polar surface area (TPSA) is 75.6 Å². The van der Waals surface area contributed by atoms with Crippen LogP contribution in [0.25, 0.3) is 0 Å². The number of nitrogens with one attached hydrogen (secondary N) is 2. The quantitative estimate of drug-likeness (QED) is 0.878. The van der Waals surface area contributed by atoms with E-state index in [2.05, 4.69) is 43.2 Å². The zero-order chi connectivity index (χ0) is 14.7. The molecule has 0 bridgehead atoms. The van der Waals surface area contributed by atoms with Gasteiger partial charge in [0.1, 0.15) is 10.3 Å². The fourth-order valence-corrected chi connectivity index (χ4v) is 2.33. The van der Waals surface area contributed by atoms with Crippen LogP contribution in [0.15, 0.2) is 27.9 Å². The van der Waals surface area contributed by atoms with Crippen LogP contribution in [0.3, 0.4) is 0 Å². The van der Waals surface area contributed by atoms with Crippen molar-refractivity contribution in [3.63, 3.8) is 0 Å². The van der Waals surface area contributed by atoms with Crippen molar-refractivity contribution in [1.29, 1.82) is 0 Å². The van der Waals surface area contributed by atoms with E-state index in [0.29, 0.717) is 10.2 Å². The highest BCUT2D eigenvalue weighted by atomic mass is 79.9. The van der Waals surface area contributed by atoms with Crippen LogP contribution < -0.4 is 10.9 Å². The summed E-state index contributed by atoms with van der Waals surface area (Å²) in [6, 6.07) is 0.0392. The van der Waals surface area contributed by atoms with Gasteiger partial charge in [0, 0.05) is 12.4 Å². The largest absolute Gasteiger partial charge is 0.373 e. The Morgan fingerprint density at radius 1 is 1.50 bits per heavy atom. The summed E-state index contributed by atoms with van der Waals surface area (Å²) in [4.78, 5) is 19.5. The number of aromatic nitrogens is 4. The SMILES string of the molecule is CCC(Nc1cnn(C(C)C)c(=O)c1Br)c1ncc[nH]1. The van der Waals surface area contributed by atoms with Gasteiger partial charge in [0.2, 0.25) is 0 Å². The van der Waals surface area contributed by atoms with Gasteiger partial charge < -0.3 is 10.3 Å². The molecule has 0 aromatic carbocycles. The summed E-state index contributed by atoms with van der Waals surface area (Å²) in [5.74, 6) is 0.840. The molecule has 108 valence electrons. The van der Waals surface area contributed by atoms with Gasteiger partial charge in [-0.15, -0.1) is 0 Å². The number of halogens is 1. The smallest absolute Gasteiger partial charge is 0.283 e. The molecule has 0 saturated carbocycles. The lowest BCUT2D eigenvalue weighted by Gasteiger charge is -2.18. The maximum absolute atomic E-state index is 12.2. The molecule has 2 aromatic rings. The molecule has 2 N–H and O–H groups in total. The van der Waals surface area contributed by atoms with Crippen LogP contribution in [0.4, 0.5) is 5.69 Å². The average Bonchev–Trinajstić information content (AvgIpc) is 2.94. The Hall–Kier alpha value is -1.63. The molecule has 0 amide bonds. The third kappa shape index (κ3) is 2.92. The molecule has 0 radical (unpaired) electrons. The first-order valence-corrected chi connectivity index (χ1v) is 7.37. The number of nitrogens with zero attached hydrogens (tertiary/aromatic N) is 3. The molecule has 0 fully saturated rings. The van der Waals surface area contributed by atoms with E-state index in [0.717, 1.165) is 12.2 Å². The fraction of sp³-hybridized carbons (Fsp3) is 0.462. The number of hydrogen-bond acceptors (Lipinski definition) is 4. The van der Waals surface area contributed by atoms with Crippen molar-refractivity contribution in [2.45, 2.75) is 39.3 Å².